The summed E-state index contributed by atoms with van der Waals surface area (Å²) in [5.41, 5.74) is 1.57. The first-order valence-electron chi connectivity index (χ1n) is 5.97. The highest BCUT2D eigenvalue weighted by Gasteiger charge is 2.21. The van der Waals surface area contributed by atoms with Crippen LogP contribution in [0, 0.1) is 0 Å². The van der Waals surface area contributed by atoms with E-state index in [0.29, 0.717) is 11.3 Å². The number of Topliss-reactive ketones (excluding diaryl/α,β-unsaturated/α-hetero) is 1. The number of ether oxygens (including phenoxy) is 1. The number of rotatable bonds is 4. The molecule has 102 valence electrons. The van der Waals surface area contributed by atoms with Crippen molar-refractivity contribution in [1.29, 1.82) is 0 Å². The van der Waals surface area contributed by atoms with E-state index in [0.717, 1.165) is 5.56 Å². The summed E-state index contributed by atoms with van der Waals surface area (Å²) in [6.07, 6.45) is 0. The van der Waals surface area contributed by atoms with Gasteiger partial charge < -0.3 is 9.64 Å². The van der Waals surface area contributed by atoms with Gasteiger partial charge in [-0.15, -0.1) is 0 Å². The number of allylic oxidation sites excluding steroid dienone is 1. The van der Waals surface area contributed by atoms with Crippen molar-refractivity contribution in [2.24, 2.45) is 0 Å². The Morgan fingerprint density at radius 2 is 1.68 bits per heavy atom. The molecule has 0 unspecified atom stereocenters. The van der Waals surface area contributed by atoms with E-state index in [1.807, 2.05) is 18.2 Å². The van der Waals surface area contributed by atoms with E-state index in [4.69, 9.17) is 4.74 Å². The molecule has 0 fully saturated rings. The Labute approximate surface area is 113 Å². The van der Waals surface area contributed by atoms with Crippen LogP contribution in [0.2, 0.25) is 0 Å². The number of hydrogen-bond donors (Lipinski definition) is 0. The van der Waals surface area contributed by atoms with Gasteiger partial charge in [0, 0.05) is 19.7 Å². The second-order valence-corrected chi connectivity index (χ2v) is 4.46. The number of nitrogens with zero attached hydrogens (tertiary/aromatic N) is 1. The normalized spacial score (nSPS) is 11.6. The molecule has 19 heavy (non-hydrogen) atoms. The van der Waals surface area contributed by atoms with Crippen molar-refractivity contribution in [2.45, 2.75) is 13.8 Å². The lowest BCUT2D eigenvalue weighted by molar-refractivity contribution is -0.127. The molecule has 0 bridgehead atoms. The molecule has 0 saturated carbocycles. The predicted octanol–water partition coefficient (Wildman–Crippen LogP) is 2.15. The van der Waals surface area contributed by atoms with Crippen molar-refractivity contribution in [2.75, 3.05) is 21.2 Å². The average Bonchev–Trinajstić information content (AvgIpc) is 2.38. The zero-order valence-corrected chi connectivity index (χ0v) is 12.0. The summed E-state index contributed by atoms with van der Waals surface area (Å²) in [7, 11) is 4.81. The zero-order valence-electron chi connectivity index (χ0n) is 12.0. The fraction of sp³-hybridized carbons (Fsp3) is 0.333. The number of carbonyl (C=O) groups is 2. The first kappa shape index (κ1) is 15.0. The van der Waals surface area contributed by atoms with Crippen LogP contribution in [0.4, 0.5) is 0 Å². The summed E-state index contributed by atoms with van der Waals surface area (Å²) >= 11 is 0. The first-order chi connectivity index (χ1) is 8.90. The minimum atomic E-state index is -0.295. The van der Waals surface area contributed by atoms with Gasteiger partial charge >= 0.3 is 0 Å². The second kappa shape index (κ2) is 6.18. The molecule has 4 nitrogen and oxygen atoms in total. The van der Waals surface area contributed by atoms with Gasteiger partial charge in [0.1, 0.15) is 5.75 Å². The second-order valence-electron chi connectivity index (χ2n) is 4.46. The summed E-state index contributed by atoms with van der Waals surface area (Å²) in [5.74, 6) is 0.100. The Bertz CT molecular complexity index is 530. The smallest absolute Gasteiger partial charge is 0.257 e. The van der Waals surface area contributed by atoms with Crippen molar-refractivity contribution in [1.82, 2.24) is 4.90 Å². The fourth-order valence-corrected chi connectivity index (χ4v) is 1.89. The molecular weight excluding hydrogens is 242 g/mol. The minimum absolute atomic E-state index is 0.189. The van der Waals surface area contributed by atoms with E-state index in [1.54, 1.807) is 34.2 Å². The van der Waals surface area contributed by atoms with Crippen LogP contribution in [0.1, 0.15) is 19.4 Å². The highest BCUT2D eigenvalue weighted by Crippen LogP contribution is 2.28. The van der Waals surface area contributed by atoms with E-state index in [-0.39, 0.29) is 17.3 Å². The van der Waals surface area contributed by atoms with Crippen molar-refractivity contribution < 1.29 is 14.3 Å². The largest absolute Gasteiger partial charge is 0.496 e. The maximum atomic E-state index is 12.1. The van der Waals surface area contributed by atoms with Gasteiger partial charge in [0.05, 0.1) is 12.7 Å². The molecule has 1 rings (SSSR count). The Morgan fingerprint density at radius 1 is 1.11 bits per heavy atom. The van der Waals surface area contributed by atoms with Crippen molar-refractivity contribution >= 4 is 17.3 Å². The summed E-state index contributed by atoms with van der Waals surface area (Å²) in [4.78, 5) is 25.3. The topological polar surface area (TPSA) is 46.6 Å². The summed E-state index contributed by atoms with van der Waals surface area (Å²) in [6, 6.07) is 7.33. The van der Waals surface area contributed by atoms with Gasteiger partial charge in [0.15, 0.2) is 5.78 Å². The van der Waals surface area contributed by atoms with Gasteiger partial charge in [-0.3, -0.25) is 9.59 Å². The molecule has 0 aromatic heterocycles. The van der Waals surface area contributed by atoms with E-state index in [1.165, 1.54) is 11.8 Å². The number of benzene rings is 1. The van der Waals surface area contributed by atoms with Crippen LogP contribution in [-0.2, 0) is 9.59 Å². The molecule has 0 saturated heterocycles. The van der Waals surface area contributed by atoms with E-state index < -0.39 is 0 Å². The Hall–Kier alpha value is -2.10. The van der Waals surface area contributed by atoms with Crippen molar-refractivity contribution in [3.8, 4) is 5.75 Å². The highest BCUT2D eigenvalue weighted by molar-refractivity contribution is 6.23. The molecular formula is C15H19NO3. The zero-order chi connectivity index (χ0) is 14.6. The average molecular weight is 261 g/mol. The Morgan fingerprint density at radius 3 is 2.16 bits per heavy atom. The number of ketones is 1. The van der Waals surface area contributed by atoms with Gasteiger partial charge in [-0.2, -0.15) is 0 Å². The summed E-state index contributed by atoms with van der Waals surface area (Å²) in [5, 5.41) is 0. The lowest BCUT2D eigenvalue weighted by Gasteiger charge is -2.16. The molecule has 1 aromatic carbocycles. The molecule has 0 aliphatic rings. The van der Waals surface area contributed by atoms with Crippen molar-refractivity contribution in [3.05, 3.63) is 35.4 Å². The lowest BCUT2D eigenvalue weighted by atomic mass is 9.97. The minimum Gasteiger partial charge on any atom is -0.496 e. The van der Waals surface area contributed by atoms with Crippen LogP contribution < -0.4 is 4.74 Å². The molecule has 1 aromatic rings. The molecule has 0 spiro atoms. The Balaban J connectivity index is 3.46. The van der Waals surface area contributed by atoms with Gasteiger partial charge in [0.2, 0.25) is 0 Å². The third-order valence-electron chi connectivity index (χ3n) is 2.86. The molecule has 1 amide bonds. The highest BCUT2D eigenvalue weighted by atomic mass is 16.5. The van der Waals surface area contributed by atoms with E-state index >= 15 is 0 Å². The molecule has 0 N–H and O–H groups in total. The van der Waals surface area contributed by atoms with Gasteiger partial charge in [-0.1, -0.05) is 18.2 Å². The lowest BCUT2D eigenvalue weighted by Crippen LogP contribution is -2.27. The number of amides is 1. The maximum absolute atomic E-state index is 12.1. The monoisotopic (exact) mass is 261 g/mol. The van der Waals surface area contributed by atoms with Crippen LogP contribution in [0.15, 0.2) is 29.8 Å². The molecule has 4 heteroatoms. The summed E-state index contributed by atoms with van der Waals surface area (Å²) < 4.78 is 5.27. The molecule has 0 atom stereocenters. The molecule has 0 aliphatic heterocycles. The standard InChI is InChI=1S/C15H19NO3/c1-10(12-8-6-7-9-13(12)19-5)14(11(2)17)15(18)16(3)4/h6-9H,1-5H3. The SMILES string of the molecule is COc1ccccc1C(C)=C(C(C)=O)C(=O)N(C)C. The maximum Gasteiger partial charge on any atom is 0.257 e. The van der Waals surface area contributed by atoms with Crippen LogP contribution in [-0.4, -0.2) is 37.8 Å². The first-order valence-corrected chi connectivity index (χ1v) is 5.97. The van der Waals surface area contributed by atoms with Gasteiger partial charge in [-0.25, -0.2) is 0 Å². The molecule has 0 heterocycles. The predicted molar refractivity (Wildman–Crippen MR) is 75.0 cm³/mol. The quantitative estimate of drug-likeness (QED) is 0.474. The number of likely N-dealkylation sites (N-methyl/N-ethyl adjacent to an activating group) is 1. The van der Waals surface area contributed by atoms with E-state index in [2.05, 4.69) is 0 Å². The van der Waals surface area contributed by atoms with Crippen LogP contribution >= 0.6 is 0 Å². The van der Waals surface area contributed by atoms with Crippen LogP contribution in [0.25, 0.3) is 5.57 Å². The Kier molecular flexibility index (Phi) is 4.87. The number of carbonyl (C=O) groups excluding carboxylic acids is 2. The third kappa shape index (κ3) is 3.22. The fourth-order valence-electron chi connectivity index (χ4n) is 1.89. The van der Waals surface area contributed by atoms with Crippen LogP contribution in [0.5, 0.6) is 5.75 Å². The van der Waals surface area contributed by atoms with Crippen molar-refractivity contribution in [3.63, 3.8) is 0 Å². The van der Waals surface area contributed by atoms with E-state index in [9.17, 15) is 9.59 Å². The number of para-hydroxylation sites is 1. The number of methoxy groups -OCH3 is 1. The molecule has 0 radical (unpaired) electrons. The molecule has 0 aliphatic carbocycles. The van der Waals surface area contributed by atoms with Gasteiger partial charge in [-0.05, 0) is 25.5 Å². The van der Waals surface area contributed by atoms with Gasteiger partial charge in [0.25, 0.3) is 5.91 Å². The number of hydrogen-bond acceptors (Lipinski definition) is 3. The third-order valence-corrected chi connectivity index (χ3v) is 2.86. The van der Waals surface area contributed by atoms with Crippen LogP contribution in [0.3, 0.4) is 0 Å². The summed E-state index contributed by atoms with van der Waals surface area (Å²) in [6.45, 7) is 3.16.